The number of halogens is 1. The minimum absolute atomic E-state index is 0.0404. The van der Waals surface area contributed by atoms with Crippen LogP contribution in [0.3, 0.4) is 0 Å². The number of hydrogen-bond donors (Lipinski definition) is 1. The maximum Gasteiger partial charge on any atom is 0.324 e. The van der Waals surface area contributed by atoms with E-state index >= 15 is 0 Å². The Morgan fingerprint density at radius 1 is 1.25 bits per heavy atom. The van der Waals surface area contributed by atoms with E-state index in [2.05, 4.69) is 21.2 Å². The van der Waals surface area contributed by atoms with E-state index in [0.29, 0.717) is 31.3 Å². The molecule has 3 amide bonds. The van der Waals surface area contributed by atoms with Crippen molar-refractivity contribution >= 4 is 33.8 Å². The topological polar surface area (TPSA) is 75.7 Å². The van der Waals surface area contributed by atoms with E-state index in [0.717, 1.165) is 24.2 Å². The van der Waals surface area contributed by atoms with Gasteiger partial charge < -0.3 is 10.1 Å². The molecule has 2 atom stereocenters. The largest absolute Gasteiger partial charge is 0.456 e. The lowest BCUT2D eigenvalue weighted by Gasteiger charge is -2.60. The zero-order valence-electron chi connectivity index (χ0n) is 13.7. The number of rotatable bonds is 4. The highest BCUT2D eigenvalue weighted by atomic mass is 79.9. The number of hydrogen-bond acceptors (Lipinski definition) is 4. The number of amides is 3. The summed E-state index contributed by atoms with van der Waals surface area (Å²) < 4.78 is 5.42. The molecule has 7 heteroatoms. The number of nitrogens with zero attached hydrogens (tertiary/aromatic N) is 1. The van der Waals surface area contributed by atoms with Crippen molar-refractivity contribution in [2.24, 2.45) is 17.3 Å². The SMILES string of the molecule is O=C(CC12C[C@@H]3C[C@H](CC(Br)(C3)C1)C2)OCC(=O)N1CCNC1=O. The monoisotopic (exact) mass is 398 g/mol. The zero-order valence-corrected chi connectivity index (χ0v) is 15.3. The van der Waals surface area contributed by atoms with E-state index in [1.165, 1.54) is 19.3 Å². The Bertz CT molecular complexity index is 579. The van der Waals surface area contributed by atoms with E-state index in [4.69, 9.17) is 4.74 Å². The molecule has 24 heavy (non-hydrogen) atoms. The Hall–Kier alpha value is -1.11. The lowest BCUT2D eigenvalue weighted by atomic mass is 9.49. The van der Waals surface area contributed by atoms with Gasteiger partial charge in [-0.05, 0) is 55.8 Å². The smallest absolute Gasteiger partial charge is 0.324 e. The molecule has 5 aliphatic rings. The first-order chi connectivity index (χ1) is 11.4. The molecule has 132 valence electrons. The number of urea groups is 1. The van der Waals surface area contributed by atoms with Gasteiger partial charge in [-0.2, -0.15) is 0 Å². The number of alkyl halides is 1. The van der Waals surface area contributed by atoms with Crippen LogP contribution in [0, 0.1) is 17.3 Å². The Morgan fingerprint density at radius 3 is 2.54 bits per heavy atom. The van der Waals surface area contributed by atoms with Crippen molar-refractivity contribution in [1.29, 1.82) is 0 Å². The Labute approximate surface area is 149 Å². The second-order valence-electron chi connectivity index (χ2n) is 8.23. The fourth-order valence-corrected chi connectivity index (χ4v) is 7.34. The molecule has 0 aromatic carbocycles. The first-order valence-corrected chi connectivity index (χ1v) is 9.59. The van der Waals surface area contributed by atoms with Gasteiger partial charge in [0.2, 0.25) is 0 Å². The average Bonchev–Trinajstić information content (AvgIpc) is 2.87. The predicted molar refractivity (Wildman–Crippen MR) is 89.5 cm³/mol. The van der Waals surface area contributed by atoms with Crippen LogP contribution in [0.1, 0.15) is 44.9 Å². The Balaban J connectivity index is 1.33. The molecule has 4 aliphatic carbocycles. The number of esters is 1. The minimum Gasteiger partial charge on any atom is -0.456 e. The molecule has 5 fully saturated rings. The molecule has 1 aliphatic heterocycles. The van der Waals surface area contributed by atoms with Gasteiger partial charge in [-0.1, -0.05) is 15.9 Å². The molecular formula is C17H23BrN2O4. The second-order valence-corrected chi connectivity index (χ2v) is 9.91. The summed E-state index contributed by atoms with van der Waals surface area (Å²) in [4.78, 5) is 36.8. The van der Waals surface area contributed by atoms with Crippen LogP contribution in [0.2, 0.25) is 0 Å². The molecular weight excluding hydrogens is 376 g/mol. The predicted octanol–water partition coefficient (Wildman–Crippen LogP) is 2.21. The molecule has 1 heterocycles. The zero-order chi connectivity index (χ0) is 16.9. The number of ether oxygens (including phenoxy) is 1. The van der Waals surface area contributed by atoms with E-state index in [9.17, 15) is 14.4 Å². The molecule has 5 rings (SSSR count). The van der Waals surface area contributed by atoms with Gasteiger partial charge in [0.05, 0.1) is 6.42 Å². The third-order valence-electron chi connectivity index (χ3n) is 6.14. The summed E-state index contributed by atoms with van der Waals surface area (Å²) in [6.45, 7) is 0.459. The Morgan fingerprint density at radius 2 is 1.96 bits per heavy atom. The summed E-state index contributed by atoms with van der Waals surface area (Å²) >= 11 is 3.94. The molecule has 1 saturated heterocycles. The van der Waals surface area contributed by atoms with Crippen molar-refractivity contribution in [3.05, 3.63) is 0 Å². The van der Waals surface area contributed by atoms with Gasteiger partial charge in [0.15, 0.2) is 6.61 Å². The quantitative estimate of drug-likeness (QED) is 0.581. The highest BCUT2D eigenvalue weighted by molar-refractivity contribution is 9.10. The number of carbonyl (C=O) groups is 3. The van der Waals surface area contributed by atoms with Crippen molar-refractivity contribution < 1.29 is 19.1 Å². The molecule has 0 unspecified atom stereocenters. The van der Waals surface area contributed by atoms with E-state index in [-0.39, 0.29) is 22.3 Å². The van der Waals surface area contributed by atoms with Crippen LogP contribution in [0.15, 0.2) is 0 Å². The van der Waals surface area contributed by atoms with E-state index in [1.54, 1.807) is 0 Å². The normalized spacial score (nSPS) is 39.9. The van der Waals surface area contributed by atoms with Crippen LogP contribution < -0.4 is 5.32 Å². The maximum absolute atomic E-state index is 12.3. The second kappa shape index (κ2) is 5.71. The number of imide groups is 1. The molecule has 1 N–H and O–H groups in total. The van der Waals surface area contributed by atoms with Gasteiger partial charge in [-0.3, -0.25) is 14.5 Å². The van der Waals surface area contributed by atoms with Crippen LogP contribution >= 0.6 is 15.9 Å². The summed E-state index contributed by atoms with van der Waals surface area (Å²) in [6.07, 6.45) is 7.39. The van der Waals surface area contributed by atoms with Gasteiger partial charge in [0, 0.05) is 17.4 Å². The van der Waals surface area contributed by atoms with Crippen LogP contribution in [-0.4, -0.2) is 46.8 Å². The molecule has 0 radical (unpaired) electrons. The number of carbonyl (C=O) groups excluding carboxylic acids is 3. The third-order valence-corrected chi connectivity index (χ3v) is 7.07. The standard InChI is InChI=1S/C17H23BrN2O4/c18-17-6-11-3-12(7-17)5-16(4-11,10-17)8-14(22)24-9-13(21)20-2-1-19-15(20)23/h11-12H,1-10H2,(H,19,23)/t11-,12-,16?,17?/m0/s1. The van der Waals surface area contributed by atoms with Crippen LogP contribution in [0.5, 0.6) is 0 Å². The fourth-order valence-electron chi connectivity index (χ4n) is 5.83. The summed E-state index contributed by atoms with van der Waals surface area (Å²) in [6, 6.07) is -0.404. The van der Waals surface area contributed by atoms with Crippen molar-refractivity contribution in [3.8, 4) is 0 Å². The maximum atomic E-state index is 12.3. The molecule has 0 spiro atoms. The fraction of sp³-hybridized carbons (Fsp3) is 0.824. The average molecular weight is 399 g/mol. The Kier molecular flexibility index (Phi) is 3.90. The summed E-state index contributed by atoms with van der Waals surface area (Å²) in [5, 5.41) is 2.57. The van der Waals surface area contributed by atoms with Crippen LogP contribution in [-0.2, 0) is 14.3 Å². The summed E-state index contributed by atoms with van der Waals surface area (Å²) in [5.74, 6) is 0.684. The number of nitrogens with one attached hydrogen (secondary N) is 1. The lowest BCUT2D eigenvalue weighted by molar-refractivity contribution is -0.156. The van der Waals surface area contributed by atoms with Crippen LogP contribution in [0.25, 0.3) is 0 Å². The first kappa shape index (κ1) is 16.4. The van der Waals surface area contributed by atoms with E-state index in [1.807, 2.05) is 0 Å². The highest BCUT2D eigenvalue weighted by Gasteiger charge is 2.57. The van der Waals surface area contributed by atoms with Crippen molar-refractivity contribution in [2.75, 3.05) is 19.7 Å². The summed E-state index contributed by atoms with van der Waals surface area (Å²) in [5.41, 5.74) is 0.0404. The molecule has 6 nitrogen and oxygen atoms in total. The van der Waals surface area contributed by atoms with Crippen molar-refractivity contribution in [3.63, 3.8) is 0 Å². The first-order valence-electron chi connectivity index (χ1n) is 8.79. The van der Waals surface area contributed by atoms with E-state index < -0.39 is 11.9 Å². The lowest BCUT2D eigenvalue weighted by Crippen LogP contribution is -2.53. The third kappa shape index (κ3) is 2.95. The van der Waals surface area contributed by atoms with Gasteiger partial charge in [-0.15, -0.1) is 0 Å². The van der Waals surface area contributed by atoms with Gasteiger partial charge in [0.25, 0.3) is 5.91 Å². The highest BCUT2D eigenvalue weighted by Crippen LogP contribution is 2.65. The summed E-state index contributed by atoms with van der Waals surface area (Å²) in [7, 11) is 0. The minimum atomic E-state index is -0.444. The molecule has 0 aromatic heterocycles. The van der Waals surface area contributed by atoms with Crippen molar-refractivity contribution in [1.82, 2.24) is 10.2 Å². The van der Waals surface area contributed by atoms with Crippen LogP contribution in [0.4, 0.5) is 4.79 Å². The van der Waals surface area contributed by atoms with Crippen molar-refractivity contribution in [2.45, 2.75) is 49.3 Å². The molecule has 0 aromatic rings. The van der Waals surface area contributed by atoms with Gasteiger partial charge in [-0.25, -0.2) is 4.79 Å². The molecule has 4 saturated carbocycles. The van der Waals surface area contributed by atoms with Gasteiger partial charge in [0.1, 0.15) is 0 Å². The molecule has 4 bridgehead atoms. The van der Waals surface area contributed by atoms with Gasteiger partial charge >= 0.3 is 12.0 Å².